The summed E-state index contributed by atoms with van der Waals surface area (Å²) in [5.74, 6) is 0. The van der Waals surface area contributed by atoms with Crippen molar-refractivity contribution in [3.63, 3.8) is 0 Å². The first-order valence-corrected chi connectivity index (χ1v) is 18.3. The average Bonchev–Trinajstić information content (AvgIpc) is 3.75. The molecule has 0 saturated carbocycles. The Hall–Kier alpha value is -2.63. The van der Waals surface area contributed by atoms with Crippen LogP contribution in [-0.2, 0) is 0 Å². The van der Waals surface area contributed by atoms with E-state index in [-0.39, 0.29) is 0 Å². The molecule has 0 bridgehead atoms. The summed E-state index contributed by atoms with van der Waals surface area (Å²) >= 11 is 6.67. The Balaban J connectivity index is 0.000000155. The van der Waals surface area contributed by atoms with Crippen molar-refractivity contribution in [2.24, 2.45) is 4.30 Å². The Bertz CT molecular complexity index is 1590. The molecule has 257 valence electrons. The van der Waals surface area contributed by atoms with Gasteiger partial charge in [0.15, 0.2) is 11.3 Å². The summed E-state index contributed by atoms with van der Waals surface area (Å²) in [5.41, 5.74) is 4.15. The first kappa shape index (κ1) is 35.2. The maximum absolute atomic E-state index is 4.53. The van der Waals surface area contributed by atoms with Crippen molar-refractivity contribution in [2.45, 2.75) is 37.8 Å². The zero-order valence-corrected chi connectivity index (χ0v) is 30.7. The third kappa shape index (κ3) is 8.74. The quantitative estimate of drug-likeness (QED) is 0.249. The van der Waals surface area contributed by atoms with Crippen LogP contribution in [0.15, 0.2) is 52.0 Å². The third-order valence-electron chi connectivity index (χ3n) is 10.3. The van der Waals surface area contributed by atoms with Crippen LogP contribution in [0, 0.1) is 0 Å². The molecule has 48 heavy (non-hydrogen) atoms. The molecule has 1 radical (unpaired) electrons. The van der Waals surface area contributed by atoms with Gasteiger partial charge in [0.25, 0.3) is 0 Å². The number of likely N-dealkylation sites (N-methyl/N-ethyl adjacent to an activating group) is 2. The molecule has 0 aliphatic carbocycles. The van der Waals surface area contributed by atoms with E-state index < -0.39 is 0 Å². The normalized spacial score (nSPS) is 21.1. The molecular formula is C32H48BBrN13S. The Morgan fingerprint density at radius 1 is 0.688 bits per heavy atom. The number of hydrogen-bond donors (Lipinski definition) is 1. The van der Waals surface area contributed by atoms with Crippen LogP contribution in [0.1, 0.15) is 25.7 Å². The molecule has 4 saturated heterocycles. The van der Waals surface area contributed by atoms with Crippen molar-refractivity contribution in [3.8, 4) is 0 Å². The minimum atomic E-state index is 0.746. The molecule has 0 aromatic carbocycles. The van der Waals surface area contributed by atoms with Gasteiger partial charge in [-0.1, -0.05) is 0 Å². The molecule has 4 aliphatic heterocycles. The minimum absolute atomic E-state index is 0.746. The molecule has 0 N–H and O–H groups in total. The third-order valence-corrected chi connectivity index (χ3v) is 10.9. The molecular weight excluding hydrogens is 689 g/mol. The van der Waals surface area contributed by atoms with E-state index >= 15 is 0 Å². The fourth-order valence-corrected chi connectivity index (χ4v) is 7.69. The van der Waals surface area contributed by atoms with E-state index in [0.29, 0.717) is 0 Å². The standard InChI is InChI=1S/C16H23BrN6.C16H24N6.BHNS/c1-20-6-8-22(9-7-20)13-2-4-21(5-3-13)14-10-18-16-15(17)11-19-23(16)12-14;1-19-8-10-21(11-9-19)14-3-6-20(7-4-14)15-12-17-16-2-5-18-22(16)13-15;1-2-3/h10-13H,2-9H2,1H3;2,5,12-14H,3-4,6-11H2,1H3;3H. The molecule has 0 unspecified atom stereocenters. The summed E-state index contributed by atoms with van der Waals surface area (Å²) in [6.45, 7) is 14.1. The first-order chi connectivity index (χ1) is 23.4. The van der Waals surface area contributed by atoms with Crippen LogP contribution in [0.25, 0.3) is 11.3 Å². The van der Waals surface area contributed by atoms with Crippen LogP contribution in [0.5, 0.6) is 0 Å². The van der Waals surface area contributed by atoms with Crippen LogP contribution in [0.3, 0.4) is 0 Å². The van der Waals surface area contributed by atoms with Gasteiger partial charge in [-0.05, 0) is 55.7 Å². The van der Waals surface area contributed by atoms with E-state index in [0.717, 1.165) is 54.0 Å². The van der Waals surface area contributed by atoms with Gasteiger partial charge in [-0.25, -0.2) is 19.0 Å². The number of fused-ring (bicyclic) bond motifs is 2. The predicted molar refractivity (Wildman–Crippen MR) is 199 cm³/mol. The number of rotatable bonds is 4. The summed E-state index contributed by atoms with van der Waals surface area (Å²) in [6, 6.07) is 3.44. The van der Waals surface area contributed by atoms with Gasteiger partial charge in [0.05, 0.1) is 53.0 Å². The fraction of sp³-hybridized carbons (Fsp3) is 0.625. The van der Waals surface area contributed by atoms with Gasteiger partial charge in [-0.3, -0.25) is 9.80 Å². The second-order valence-electron chi connectivity index (χ2n) is 13.2. The van der Waals surface area contributed by atoms with Crippen molar-refractivity contribution in [1.29, 1.82) is 0 Å². The van der Waals surface area contributed by atoms with E-state index in [1.165, 1.54) is 89.4 Å². The van der Waals surface area contributed by atoms with Crippen molar-refractivity contribution >= 4 is 59.1 Å². The van der Waals surface area contributed by atoms with Crippen LogP contribution >= 0.6 is 28.7 Å². The van der Waals surface area contributed by atoms with Crippen LogP contribution in [0.4, 0.5) is 11.4 Å². The van der Waals surface area contributed by atoms with Gasteiger partial charge in [0.2, 0.25) is 0 Å². The van der Waals surface area contributed by atoms with Gasteiger partial charge >= 0.3 is 24.8 Å². The Morgan fingerprint density at radius 3 is 1.69 bits per heavy atom. The average molecular weight is 738 g/mol. The zero-order chi connectivity index (χ0) is 33.5. The van der Waals surface area contributed by atoms with Gasteiger partial charge in [0.1, 0.15) is 0 Å². The van der Waals surface area contributed by atoms with Crippen LogP contribution in [-0.4, -0.2) is 161 Å². The number of hydrogen-bond acceptors (Lipinski definition) is 12. The zero-order valence-electron chi connectivity index (χ0n) is 28.2. The molecule has 16 heteroatoms. The Labute approximate surface area is 299 Å². The molecule has 13 nitrogen and oxygen atoms in total. The molecule has 0 atom stereocenters. The van der Waals surface area contributed by atoms with E-state index in [4.69, 9.17) is 0 Å². The summed E-state index contributed by atoms with van der Waals surface area (Å²) in [4.78, 5) is 24.1. The second kappa shape index (κ2) is 16.9. The van der Waals surface area contributed by atoms with Crippen molar-refractivity contribution < 1.29 is 0 Å². The van der Waals surface area contributed by atoms with E-state index in [9.17, 15) is 0 Å². The summed E-state index contributed by atoms with van der Waals surface area (Å²) in [6.07, 6.45) is 16.7. The van der Waals surface area contributed by atoms with E-state index in [1.807, 2.05) is 27.5 Å². The summed E-state index contributed by atoms with van der Waals surface area (Å²) < 4.78 is 7.35. The topological polar surface area (TPSA) is 92.2 Å². The number of thiol groups is 1. The molecule has 8 rings (SSSR count). The summed E-state index contributed by atoms with van der Waals surface area (Å²) in [5, 5.41) is 8.62. The Morgan fingerprint density at radius 2 is 1.17 bits per heavy atom. The monoisotopic (exact) mass is 736 g/mol. The molecule has 4 aliphatic rings. The van der Waals surface area contributed by atoms with Crippen molar-refractivity contribution in [1.82, 2.24) is 48.8 Å². The van der Waals surface area contributed by atoms with Crippen molar-refractivity contribution in [2.75, 3.05) is 102 Å². The SMILES string of the molecule is CN1CCN(C2CCN(c3cnc4c(Br)cnn4c3)CC2)CC1.CN1CCN(C2CCN(c3cnc4ccnn4c3)CC2)CC1.[B]=NS. The van der Waals surface area contributed by atoms with Gasteiger partial charge in [-0.2, -0.15) is 10.2 Å². The van der Waals surface area contributed by atoms with E-state index in [1.54, 1.807) is 12.4 Å². The summed E-state index contributed by atoms with van der Waals surface area (Å²) in [7, 11) is 8.78. The van der Waals surface area contributed by atoms with Crippen molar-refractivity contribution in [3.05, 3.63) is 47.7 Å². The number of piperazine rings is 2. The molecule has 8 heterocycles. The molecule has 4 fully saturated rings. The van der Waals surface area contributed by atoms with E-state index in [2.05, 4.69) is 117 Å². The number of nitrogens with zero attached hydrogens (tertiary/aromatic N) is 13. The number of aromatic nitrogens is 6. The second-order valence-corrected chi connectivity index (χ2v) is 14.3. The number of anilines is 2. The van der Waals surface area contributed by atoms with Crippen LogP contribution in [0.2, 0.25) is 0 Å². The fourth-order valence-electron chi connectivity index (χ4n) is 7.31. The van der Waals surface area contributed by atoms with Gasteiger partial charge < -0.3 is 19.6 Å². The first-order valence-electron chi connectivity index (χ1n) is 17.1. The maximum atomic E-state index is 4.53. The predicted octanol–water partition coefficient (Wildman–Crippen LogP) is 2.84. The van der Waals surface area contributed by atoms with Crippen LogP contribution < -0.4 is 9.80 Å². The number of halogens is 1. The van der Waals surface area contributed by atoms with Gasteiger partial charge in [-0.15, -0.1) is 0 Å². The van der Waals surface area contributed by atoms with Gasteiger partial charge in [0, 0.05) is 96.7 Å². The molecule has 0 amide bonds. The molecule has 4 aromatic rings. The molecule has 0 spiro atoms. The Kier molecular flexibility index (Phi) is 12.4. The molecule has 4 aromatic heterocycles. The number of piperidine rings is 2.